The van der Waals surface area contributed by atoms with Crippen molar-refractivity contribution in [2.75, 3.05) is 350 Å². The average Bonchev–Trinajstić information content (AvgIpc) is 3.52. The van der Waals surface area contributed by atoms with Gasteiger partial charge in [-0.3, -0.25) is 4.90 Å². The molecule has 0 saturated heterocycles. The Hall–Kier alpha value is -1.20. The molecular weight excluding hydrogens is 1130 g/mol. The predicted molar refractivity (Wildman–Crippen MR) is 312 cm³/mol. The highest BCUT2D eigenvalue weighted by atomic mass is 16.6. The first-order chi connectivity index (χ1) is 42.2. The van der Waals surface area contributed by atoms with Gasteiger partial charge >= 0.3 is 0 Å². The SMILES string of the molecule is NCCOCCOCCOCCOCC(COCCOCCOCCOCCN(CO)CCOCCOCCOCCOCC(COCCOCCOCCOCCN)OCCOCCOCCOCCN)OCCOCCOCCOCCN. The van der Waals surface area contributed by atoms with E-state index in [4.69, 9.17) is 137 Å². The van der Waals surface area contributed by atoms with Gasteiger partial charge in [0, 0.05) is 39.3 Å². The van der Waals surface area contributed by atoms with Crippen molar-refractivity contribution in [3.8, 4) is 0 Å². The van der Waals surface area contributed by atoms with E-state index in [2.05, 4.69) is 0 Å². The van der Waals surface area contributed by atoms with Crippen LogP contribution < -0.4 is 22.9 Å². The van der Waals surface area contributed by atoms with Crippen molar-refractivity contribution in [2.45, 2.75) is 12.2 Å². The van der Waals surface area contributed by atoms with Crippen LogP contribution in [-0.4, -0.2) is 372 Å². The normalized spacial score (nSPS) is 12.6. The number of ether oxygens (including phenoxy) is 24. The summed E-state index contributed by atoms with van der Waals surface area (Å²) < 4.78 is 135. The van der Waals surface area contributed by atoms with E-state index in [9.17, 15) is 5.11 Å². The van der Waals surface area contributed by atoms with E-state index >= 15 is 0 Å². The fourth-order valence-electron chi connectivity index (χ4n) is 6.39. The van der Waals surface area contributed by atoms with E-state index < -0.39 is 0 Å². The summed E-state index contributed by atoms with van der Waals surface area (Å²) in [5.74, 6) is 0. The summed E-state index contributed by atoms with van der Waals surface area (Å²) in [6.07, 6.45) is -0.602. The van der Waals surface area contributed by atoms with Crippen molar-refractivity contribution in [1.29, 1.82) is 0 Å². The molecule has 0 saturated carbocycles. The summed E-state index contributed by atoms with van der Waals surface area (Å²) in [6, 6.07) is 0. The lowest BCUT2D eigenvalue weighted by molar-refractivity contribution is -0.0874. The molecule has 0 aliphatic carbocycles. The highest BCUT2D eigenvalue weighted by Gasteiger charge is 2.13. The van der Waals surface area contributed by atoms with Crippen LogP contribution >= 0.6 is 0 Å². The lowest BCUT2D eigenvalue weighted by Crippen LogP contribution is -2.32. The lowest BCUT2D eigenvalue weighted by atomic mass is 10.4. The van der Waals surface area contributed by atoms with Crippen LogP contribution in [0.2, 0.25) is 0 Å². The zero-order valence-electron chi connectivity index (χ0n) is 51.6. The van der Waals surface area contributed by atoms with Crippen LogP contribution in [0.3, 0.4) is 0 Å². The Balaban J connectivity index is 4.03. The molecule has 512 valence electrons. The standard InChI is InChI=1S/C55H117N5O25/c56-1-7-62-13-19-68-25-29-74-37-41-80-49-54(84-47-45-78-35-33-70-21-15-64-9-3-58)51-82-43-39-76-31-27-72-23-17-66-11-5-60(53-61)6-12-67-18-24-73-28-32-77-40-44-83-52-55(85-48-46-79-36-34-71-22-16-65-10-4-59)50-81-42-38-75-30-26-69-20-14-63-8-2-57/h54-55,61H,1-53,56-59H2. The maximum absolute atomic E-state index is 9.78. The van der Waals surface area contributed by atoms with Crippen molar-refractivity contribution in [1.82, 2.24) is 4.90 Å². The van der Waals surface area contributed by atoms with Crippen LogP contribution in [0.5, 0.6) is 0 Å². The quantitative estimate of drug-likeness (QED) is 0.0304. The van der Waals surface area contributed by atoms with Gasteiger partial charge in [-0.05, 0) is 0 Å². The number of hydrogen-bond donors (Lipinski definition) is 5. The van der Waals surface area contributed by atoms with E-state index in [1.165, 1.54) is 0 Å². The fraction of sp³-hybridized carbons (Fsp3) is 1.00. The number of aliphatic hydroxyl groups is 1. The molecular formula is C55H117N5O25. The summed E-state index contributed by atoms with van der Waals surface area (Å²) >= 11 is 0. The minimum Gasteiger partial charge on any atom is -0.381 e. The van der Waals surface area contributed by atoms with Crippen molar-refractivity contribution >= 4 is 0 Å². The second-order valence-corrected chi connectivity index (χ2v) is 17.7. The topological polar surface area (TPSA) is 349 Å². The third kappa shape index (κ3) is 71.7. The average molecular weight is 1250 g/mol. The Morgan fingerprint density at radius 1 is 0.200 bits per heavy atom. The van der Waals surface area contributed by atoms with Gasteiger partial charge in [-0.2, -0.15) is 0 Å². The van der Waals surface area contributed by atoms with Crippen LogP contribution in [-0.2, 0) is 114 Å². The first-order valence-corrected chi connectivity index (χ1v) is 30.3. The second-order valence-electron chi connectivity index (χ2n) is 17.7. The van der Waals surface area contributed by atoms with Gasteiger partial charge in [-0.1, -0.05) is 0 Å². The van der Waals surface area contributed by atoms with E-state index in [0.717, 1.165) is 0 Å². The molecule has 0 aromatic heterocycles. The van der Waals surface area contributed by atoms with Gasteiger partial charge in [0.05, 0.1) is 311 Å². The molecule has 0 heterocycles. The van der Waals surface area contributed by atoms with Crippen LogP contribution in [0.25, 0.3) is 0 Å². The molecule has 0 aliphatic heterocycles. The van der Waals surface area contributed by atoms with E-state index in [0.29, 0.717) is 343 Å². The second kappa shape index (κ2) is 77.0. The molecule has 0 aromatic rings. The predicted octanol–water partition coefficient (Wildman–Crippen LogP) is -2.79. The molecule has 0 aromatic carbocycles. The first kappa shape index (κ1) is 83.8. The fourth-order valence-corrected chi connectivity index (χ4v) is 6.39. The van der Waals surface area contributed by atoms with Crippen molar-refractivity contribution in [3.05, 3.63) is 0 Å². The maximum atomic E-state index is 9.78. The molecule has 0 rings (SSSR count). The molecule has 0 amide bonds. The Morgan fingerprint density at radius 3 is 0.529 bits per heavy atom. The van der Waals surface area contributed by atoms with Gasteiger partial charge in [0.15, 0.2) is 0 Å². The zero-order chi connectivity index (χ0) is 61.2. The molecule has 0 spiro atoms. The number of nitrogens with two attached hydrogens (primary N) is 4. The molecule has 0 bridgehead atoms. The number of aliphatic hydroxyl groups excluding tert-OH is 1. The summed E-state index contributed by atoms with van der Waals surface area (Å²) in [4.78, 5) is 1.84. The molecule has 30 nitrogen and oxygen atoms in total. The molecule has 30 heteroatoms. The number of rotatable bonds is 79. The van der Waals surface area contributed by atoms with Crippen LogP contribution in [0.1, 0.15) is 0 Å². The Labute approximate surface area is 507 Å². The van der Waals surface area contributed by atoms with Crippen LogP contribution in [0.15, 0.2) is 0 Å². The smallest absolute Gasteiger partial charge is 0.104 e. The molecule has 85 heavy (non-hydrogen) atoms. The van der Waals surface area contributed by atoms with Crippen molar-refractivity contribution < 1.29 is 119 Å². The maximum Gasteiger partial charge on any atom is 0.104 e. The molecule has 2 atom stereocenters. The van der Waals surface area contributed by atoms with Crippen LogP contribution in [0, 0.1) is 0 Å². The highest BCUT2D eigenvalue weighted by molar-refractivity contribution is 4.58. The Kier molecular flexibility index (Phi) is 76.0. The minimum absolute atomic E-state index is 0.107. The van der Waals surface area contributed by atoms with E-state index in [1.807, 2.05) is 4.90 Å². The van der Waals surface area contributed by atoms with Gasteiger partial charge in [0.1, 0.15) is 12.2 Å². The Bertz CT molecular complexity index is 1120. The highest BCUT2D eigenvalue weighted by Crippen LogP contribution is 2.00. The molecule has 2 unspecified atom stereocenters. The lowest BCUT2D eigenvalue weighted by Gasteiger charge is -2.19. The first-order valence-electron chi connectivity index (χ1n) is 30.3. The van der Waals surface area contributed by atoms with Gasteiger partial charge < -0.3 is 142 Å². The summed E-state index contributed by atoms with van der Waals surface area (Å²) in [6.45, 7) is 23.0. The van der Waals surface area contributed by atoms with E-state index in [1.54, 1.807) is 0 Å². The third-order valence-electron chi connectivity index (χ3n) is 10.7. The monoisotopic (exact) mass is 1250 g/mol. The number of hydrogen-bond acceptors (Lipinski definition) is 30. The molecule has 0 radical (unpaired) electrons. The van der Waals surface area contributed by atoms with Crippen LogP contribution in [0.4, 0.5) is 0 Å². The molecule has 0 fully saturated rings. The summed E-state index contributed by atoms with van der Waals surface area (Å²) in [7, 11) is 0. The van der Waals surface area contributed by atoms with E-state index in [-0.39, 0.29) is 18.9 Å². The third-order valence-corrected chi connectivity index (χ3v) is 10.7. The van der Waals surface area contributed by atoms with Crippen molar-refractivity contribution in [3.63, 3.8) is 0 Å². The summed E-state index contributed by atoms with van der Waals surface area (Å²) in [5.41, 5.74) is 21.6. The minimum atomic E-state index is -0.301. The molecule has 0 aliphatic rings. The molecule has 9 N–H and O–H groups in total. The van der Waals surface area contributed by atoms with Gasteiger partial charge in [0.25, 0.3) is 0 Å². The summed E-state index contributed by atoms with van der Waals surface area (Å²) in [5, 5.41) is 9.78. The van der Waals surface area contributed by atoms with Crippen molar-refractivity contribution in [2.24, 2.45) is 22.9 Å². The van der Waals surface area contributed by atoms with Gasteiger partial charge in [-0.25, -0.2) is 0 Å². The van der Waals surface area contributed by atoms with Gasteiger partial charge in [0.2, 0.25) is 0 Å². The Morgan fingerprint density at radius 2 is 0.353 bits per heavy atom. The zero-order valence-corrected chi connectivity index (χ0v) is 51.6. The van der Waals surface area contributed by atoms with Gasteiger partial charge in [-0.15, -0.1) is 0 Å². The number of nitrogens with zero attached hydrogens (tertiary/aromatic N) is 1. The largest absolute Gasteiger partial charge is 0.381 e.